The van der Waals surface area contributed by atoms with Crippen LogP contribution >= 0.6 is 23.2 Å². The highest BCUT2D eigenvalue weighted by molar-refractivity contribution is 6.35. The molecule has 0 saturated carbocycles. The zero-order chi connectivity index (χ0) is 20.6. The Labute approximate surface area is 182 Å². The number of hydrogen-bond acceptors (Lipinski definition) is 4. The topological polar surface area (TPSA) is 42.0 Å². The van der Waals surface area contributed by atoms with Gasteiger partial charge in [0.25, 0.3) is 0 Å². The average molecular weight is 437 g/mol. The second-order valence-corrected chi connectivity index (χ2v) is 7.89. The van der Waals surface area contributed by atoms with Crippen LogP contribution in [0.2, 0.25) is 10.0 Å². The Kier molecular flexibility index (Phi) is 8.19. The van der Waals surface area contributed by atoms with Gasteiger partial charge in [-0.1, -0.05) is 41.4 Å². The summed E-state index contributed by atoms with van der Waals surface area (Å²) in [6, 6.07) is 13.5. The molecule has 29 heavy (non-hydrogen) atoms. The zero-order valence-electron chi connectivity index (χ0n) is 16.6. The summed E-state index contributed by atoms with van der Waals surface area (Å²) in [6.45, 7) is 4.59. The molecular weight excluding hydrogens is 411 g/mol. The minimum Gasteiger partial charge on any atom is -0.497 e. The number of piperazine rings is 1. The van der Waals surface area contributed by atoms with E-state index in [4.69, 9.17) is 32.7 Å². The van der Waals surface area contributed by atoms with Crippen LogP contribution in [0.5, 0.6) is 5.75 Å². The minimum absolute atomic E-state index is 0.0382. The maximum absolute atomic E-state index is 12.4. The van der Waals surface area contributed by atoms with Crippen LogP contribution in [0.1, 0.15) is 11.1 Å². The molecular formula is C22H26Cl2N2O3. The summed E-state index contributed by atoms with van der Waals surface area (Å²) in [5.41, 5.74) is 2.21. The van der Waals surface area contributed by atoms with Crippen molar-refractivity contribution in [2.24, 2.45) is 0 Å². The van der Waals surface area contributed by atoms with Crippen molar-refractivity contribution in [1.82, 2.24) is 9.80 Å². The molecule has 1 aliphatic heterocycles. The molecule has 1 saturated heterocycles. The lowest BCUT2D eigenvalue weighted by molar-refractivity contribution is -0.137. The molecule has 156 valence electrons. The Morgan fingerprint density at radius 3 is 2.41 bits per heavy atom. The van der Waals surface area contributed by atoms with Gasteiger partial charge in [-0.05, 0) is 41.8 Å². The first-order valence-electron chi connectivity index (χ1n) is 9.70. The third-order valence-electron chi connectivity index (χ3n) is 5.05. The molecule has 0 N–H and O–H groups in total. The van der Waals surface area contributed by atoms with Crippen molar-refractivity contribution < 1.29 is 14.3 Å². The quantitative estimate of drug-likeness (QED) is 0.588. The summed E-state index contributed by atoms with van der Waals surface area (Å²) >= 11 is 12.1. The number of nitrogens with zero attached hydrogens (tertiary/aromatic N) is 2. The average Bonchev–Trinajstić information content (AvgIpc) is 2.73. The lowest BCUT2D eigenvalue weighted by Gasteiger charge is -2.34. The van der Waals surface area contributed by atoms with Crippen molar-refractivity contribution in [2.45, 2.75) is 13.0 Å². The van der Waals surface area contributed by atoms with Crippen LogP contribution in [0.4, 0.5) is 0 Å². The summed E-state index contributed by atoms with van der Waals surface area (Å²) < 4.78 is 10.8. The van der Waals surface area contributed by atoms with Crippen LogP contribution in [-0.4, -0.2) is 62.2 Å². The maximum atomic E-state index is 12.4. The van der Waals surface area contributed by atoms with Gasteiger partial charge in [-0.3, -0.25) is 9.69 Å². The number of rotatable bonds is 8. The molecule has 7 heteroatoms. The predicted molar refractivity (Wildman–Crippen MR) is 116 cm³/mol. The zero-order valence-corrected chi connectivity index (χ0v) is 18.1. The second-order valence-electron chi connectivity index (χ2n) is 7.04. The van der Waals surface area contributed by atoms with Crippen molar-refractivity contribution in [3.8, 4) is 5.75 Å². The molecule has 0 aromatic heterocycles. The van der Waals surface area contributed by atoms with Crippen molar-refractivity contribution in [3.05, 3.63) is 63.6 Å². The summed E-state index contributed by atoms with van der Waals surface area (Å²) in [7, 11) is 1.67. The monoisotopic (exact) mass is 436 g/mol. The van der Waals surface area contributed by atoms with E-state index >= 15 is 0 Å². The molecule has 0 unspecified atom stereocenters. The van der Waals surface area contributed by atoms with Crippen LogP contribution in [0.15, 0.2) is 42.5 Å². The Balaban J connectivity index is 1.35. The normalized spacial score (nSPS) is 14.8. The highest BCUT2D eigenvalue weighted by Gasteiger charge is 2.21. The van der Waals surface area contributed by atoms with Crippen LogP contribution < -0.4 is 4.74 Å². The van der Waals surface area contributed by atoms with Crippen LogP contribution in [-0.2, 0) is 22.5 Å². The van der Waals surface area contributed by atoms with Crippen molar-refractivity contribution in [1.29, 1.82) is 0 Å². The maximum Gasteiger partial charge on any atom is 0.248 e. The fourth-order valence-corrected chi connectivity index (χ4v) is 3.80. The molecule has 0 aliphatic carbocycles. The SMILES string of the molecule is COc1ccc(CN2CCN(C(=O)COCCc3ccc(Cl)cc3Cl)CC2)cc1. The molecule has 0 atom stereocenters. The molecule has 0 radical (unpaired) electrons. The van der Waals surface area contributed by atoms with Crippen molar-refractivity contribution >= 4 is 29.1 Å². The number of carbonyl (C=O) groups is 1. The smallest absolute Gasteiger partial charge is 0.248 e. The van der Waals surface area contributed by atoms with Gasteiger partial charge >= 0.3 is 0 Å². The molecule has 1 heterocycles. The fourth-order valence-electron chi connectivity index (χ4n) is 3.30. The third-order valence-corrected chi connectivity index (χ3v) is 5.63. The molecule has 0 spiro atoms. The Bertz CT molecular complexity index is 806. The van der Waals surface area contributed by atoms with Crippen LogP contribution in [0, 0.1) is 0 Å². The highest BCUT2D eigenvalue weighted by Crippen LogP contribution is 2.21. The van der Waals surface area contributed by atoms with E-state index in [1.807, 2.05) is 23.1 Å². The van der Waals surface area contributed by atoms with E-state index < -0.39 is 0 Å². The van der Waals surface area contributed by atoms with Crippen molar-refractivity contribution in [2.75, 3.05) is 46.5 Å². The molecule has 5 nitrogen and oxygen atoms in total. The van der Waals surface area contributed by atoms with Gasteiger partial charge in [-0.2, -0.15) is 0 Å². The minimum atomic E-state index is 0.0382. The first-order chi connectivity index (χ1) is 14.0. The largest absolute Gasteiger partial charge is 0.497 e. The number of halogens is 2. The van der Waals surface area contributed by atoms with Gasteiger partial charge in [0.05, 0.1) is 13.7 Å². The Morgan fingerprint density at radius 1 is 1.03 bits per heavy atom. The van der Waals surface area contributed by atoms with E-state index in [1.165, 1.54) is 5.56 Å². The van der Waals surface area contributed by atoms with Crippen LogP contribution in [0.25, 0.3) is 0 Å². The second kappa shape index (κ2) is 10.8. The van der Waals surface area contributed by atoms with Gasteiger partial charge in [0, 0.05) is 42.8 Å². The first kappa shape index (κ1) is 21.9. The molecule has 2 aromatic carbocycles. The number of ether oxygens (including phenoxy) is 2. The number of hydrogen-bond donors (Lipinski definition) is 0. The Hall–Kier alpha value is -1.79. The lowest BCUT2D eigenvalue weighted by Crippen LogP contribution is -2.49. The van der Waals surface area contributed by atoms with E-state index in [0.29, 0.717) is 23.1 Å². The van der Waals surface area contributed by atoms with Gasteiger partial charge in [0.1, 0.15) is 12.4 Å². The van der Waals surface area contributed by atoms with Gasteiger partial charge in [0.15, 0.2) is 0 Å². The van der Waals surface area contributed by atoms with E-state index in [1.54, 1.807) is 19.2 Å². The Morgan fingerprint density at radius 2 is 1.76 bits per heavy atom. The first-order valence-corrected chi connectivity index (χ1v) is 10.5. The number of methoxy groups -OCH3 is 1. The third kappa shape index (κ3) is 6.61. The highest BCUT2D eigenvalue weighted by atomic mass is 35.5. The van der Waals surface area contributed by atoms with E-state index in [0.717, 1.165) is 44.0 Å². The molecule has 1 fully saturated rings. The van der Waals surface area contributed by atoms with E-state index in [-0.39, 0.29) is 12.5 Å². The molecule has 1 aliphatic rings. The summed E-state index contributed by atoms with van der Waals surface area (Å²) in [5.74, 6) is 0.902. The number of amides is 1. The molecule has 2 aromatic rings. The lowest BCUT2D eigenvalue weighted by atomic mass is 10.2. The van der Waals surface area contributed by atoms with Gasteiger partial charge in [0.2, 0.25) is 5.91 Å². The van der Waals surface area contributed by atoms with Crippen molar-refractivity contribution in [3.63, 3.8) is 0 Å². The summed E-state index contributed by atoms with van der Waals surface area (Å²) in [4.78, 5) is 16.6. The van der Waals surface area contributed by atoms with Gasteiger partial charge < -0.3 is 14.4 Å². The van der Waals surface area contributed by atoms with Gasteiger partial charge in [-0.25, -0.2) is 0 Å². The standard InChI is InChI=1S/C22H26Cl2N2O3/c1-28-20-6-2-17(3-7-20)15-25-9-11-26(12-10-25)22(27)16-29-13-8-18-4-5-19(23)14-21(18)24/h2-7,14H,8-13,15-16H2,1H3. The van der Waals surface area contributed by atoms with Crippen LogP contribution in [0.3, 0.4) is 0 Å². The van der Waals surface area contributed by atoms with E-state index in [9.17, 15) is 4.79 Å². The van der Waals surface area contributed by atoms with E-state index in [2.05, 4.69) is 17.0 Å². The molecule has 3 rings (SSSR count). The summed E-state index contributed by atoms with van der Waals surface area (Å²) in [5, 5.41) is 1.24. The summed E-state index contributed by atoms with van der Waals surface area (Å²) in [6.07, 6.45) is 0.652. The fraction of sp³-hybridized carbons (Fsp3) is 0.409. The van der Waals surface area contributed by atoms with Gasteiger partial charge in [-0.15, -0.1) is 0 Å². The number of carbonyl (C=O) groups excluding carboxylic acids is 1. The molecule has 0 bridgehead atoms. The molecule has 1 amide bonds. The predicted octanol–water partition coefficient (Wildman–Crippen LogP) is 3.91. The number of benzene rings is 2.